The quantitative estimate of drug-likeness (QED) is 0.593. The number of carbonyl (C=O) groups is 2. The maximum Gasteiger partial charge on any atom is 0.254 e. The third-order valence-corrected chi connectivity index (χ3v) is 7.61. The fraction of sp³-hybridized carbons (Fsp3) is 0.393. The largest absolute Gasteiger partial charge is 0.371 e. The Labute approximate surface area is 211 Å². The first-order valence-corrected chi connectivity index (χ1v) is 12.5. The summed E-state index contributed by atoms with van der Waals surface area (Å²) in [5.74, 6) is -0.189. The van der Waals surface area contributed by atoms with E-state index in [1.807, 2.05) is 48.6 Å². The zero-order chi connectivity index (χ0) is 25.3. The van der Waals surface area contributed by atoms with Crippen LogP contribution in [0.25, 0.3) is 0 Å². The molecule has 1 atom stereocenters. The monoisotopic (exact) mass is 484 g/mol. The van der Waals surface area contributed by atoms with Gasteiger partial charge in [0.05, 0.1) is 11.6 Å². The van der Waals surface area contributed by atoms with E-state index in [1.54, 1.807) is 0 Å². The number of hydrogen-bond acceptors (Lipinski definition) is 6. The summed E-state index contributed by atoms with van der Waals surface area (Å²) < 4.78 is 0. The van der Waals surface area contributed by atoms with Crippen LogP contribution in [-0.4, -0.2) is 57.8 Å². The van der Waals surface area contributed by atoms with E-state index in [4.69, 9.17) is 0 Å². The smallest absolute Gasteiger partial charge is 0.254 e. The van der Waals surface area contributed by atoms with Gasteiger partial charge in [0.1, 0.15) is 6.33 Å². The molecule has 1 N–H and O–H groups in total. The molecule has 8 heteroatoms. The normalized spacial score (nSPS) is 19.0. The fourth-order valence-corrected chi connectivity index (χ4v) is 5.55. The number of piperidine rings is 1. The topological polar surface area (TPSA) is 91.3 Å². The Kier molecular flexibility index (Phi) is 6.43. The summed E-state index contributed by atoms with van der Waals surface area (Å²) >= 11 is 0. The van der Waals surface area contributed by atoms with Gasteiger partial charge in [0.25, 0.3) is 11.8 Å². The minimum atomic E-state index is -0.209. The predicted molar refractivity (Wildman–Crippen MR) is 138 cm³/mol. The van der Waals surface area contributed by atoms with Gasteiger partial charge < -0.3 is 15.1 Å². The van der Waals surface area contributed by atoms with E-state index in [1.165, 1.54) is 30.0 Å². The van der Waals surface area contributed by atoms with Crippen molar-refractivity contribution in [1.82, 2.24) is 25.2 Å². The predicted octanol–water partition coefficient (Wildman–Crippen LogP) is 3.77. The molecule has 2 aliphatic rings. The first-order chi connectivity index (χ1) is 17.3. The minimum Gasteiger partial charge on any atom is -0.371 e. The maximum atomic E-state index is 13.5. The number of anilines is 1. The molecule has 1 unspecified atom stereocenters. The van der Waals surface area contributed by atoms with Crippen molar-refractivity contribution >= 4 is 17.5 Å². The molecule has 2 amide bonds. The van der Waals surface area contributed by atoms with Gasteiger partial charge in [0, 0.05) is 62.2 Å². The Morgan fingerprint density at radius 2 is 1.69 bits per heavy atom. The number of nitrogens with zero attached hydrogens (tertiary/aromatic N) is 5. The summed E-state index contributed by atoms with van der Waals surface area (Å²) in [4.78, 5) is 42.6. The number of nitrogens with one attached hydrogen (secondary N) is 1. The van der Waals surface area contributed by atoms with E-state index in [2.05, 4.69) is 45.1 Å². The molecule has 36 heavy (non-hydrogen) atoms. The lowest BCUT2D eigenvalue weighted by molar-refractivity contribution is 0.0709. The molecular weight excluding hydrogens is 452 g/mol. The van der Waals surface area contributed by atoms with Crippen molar-refractivity contribution in [3.8, 4) is 0 Å². The van der Waals surface area contributed by atoms with Gasteiger partial charge in [-0.1, -0.05) is 19.9 Å². The van der Waals surface area contributed by atoms with E-state index < -0.39 is 0 Å². The third-order valence-electron chi connectivity index (χ3n) is 7.61. The average molecular weight is 485 g/mol. The number of pyridine rings is 1. The molecule has 0 radical (unpaired) electrons. The highest BCUT2D eigenvalue weighted by atomic mass is 16.2. The molecule has 186 valence electrons. The average Bonchev–Trinajstić information content (AvgIpc) is 3.17. The van der Waals surface area contributed by atoms with Gasteiger partial charge in [-0.2, -0.15) is 0 Å². The van der Waals surface area contributed by atoms with Crippen LogP contribution in [-0.2, 0) is 5.41 Å². The molecule has 1 aliphatic carbocycles. The third kappa shape index (κ3) is 4.67. The van der Waals surface area contributed by atoms with Gasteiger partial charge in [-0.15, -0.1) is 0 Å². The highest BCUT2D eigenvalue weighted by Gasteiger charge is 2.38. The van der Waals surface area contributed by atoms with E-state index >= 15 is 0 Å². The number of hydrogen-bond donors (Lipinski definition) is 1. The first kappa shape index (κ1) is 23.9. The molecule has 1 aliphatic heterocycles. The van der Waals surface area contributed by atoms with Crippen molar-refractivity contribution in [3.05, 3.63) is 83.7 Å². The van der Waals surface area contributed by atoms with Crippen LogP contribution < -0.4 is 10.2 Å². The molecule has 0 bridgehead atoms. The molecule has 1 fully saturated rings. The number of rotatable bonds is 5. The summed E-state index contributed by atoms with van der Waals surface area (Å²) in [7, 11) is 1.90. The SMILES string of the molecule is CN(C(=O)c1ccc2c(c1)C(NC(=O)c1cncnc1)CC2(C)C)C1CCN(c2ccncc2)CC1. The van der Waals surface area contributed by atoms with Crippen LogP contribution in [0.4, 0.5) is 5.69 Å². The van der Waals surface area contributed by atoms with Crippen molar-refractivity contribution in [2.24, 2.45) is 0 Å². The molecule has 0 saturated carbocycles. The molecule has 5 rings (SSSR count). The van der Waals surface area contributed by atoms with Crippen LogP contribution in [0.15, 0.2) is 61.4 Å². The van der Waals surface area contributed by atoms with Gasteiger partial charge in [-0.25, -0.2) is 9.97 Å². The Bertz CT molecular complexity index is 1240. The summed E-state index contributed by atoms with van der Waals surface area (Å²) in [5.41, 5.74) is 4.34. The van der Waals surface area contributed by atoms with Gasteiger partial charge in [0.15, 0.2) is 0 Å². The number of aromatic nitrogens is 3. The van der Waals surface area contributed by atoms with Crippen molar-refractivity contribution in [2.45, 2.75) is 50.6 Å². The van der Waals surface area contributed by atoms with E-state index in [0.29, 0.717) is 11.1 Å². The summed E-state index contributed by atoms with van der Waals surface area (Å²) in [6.07, 6.45) is 10.7. The zero-order valence-corrected chi connectivity index (χ0v) is 21.0. The number of amides is 2. The lowest BCUT2D eigenvalue weighted by atomic mass is 9.86. The Morgan fingerprint density at radius 1 is 1.00 bits per heavy atom. The van der Waals surface area contributed by atoms with Gasteiger partial charge in [0.2, 0.25) is 0 Å². The Morgan fingerprint density at radius 3 is 2.39 bits per heavy atom. The molecule has 3 aromatic rings. The number of fused-ring (bicyclic) bond motifs is 1. The van der Waals surface area contributed by atoms with Gasteiger partial charge >= 0.3 is 0 Å². The molecule has 0 spiro atoms. The van der Waals surface area contributed by atoms with Crippen LogP contribution >= 0.6 is 0 Å². The summed E-state index contributed by atoms with van der Waals surface area (Å²) in [6, 6.07) is 10.0. The van der Waals surface area contributed by atoms with E-state index in [9.17, 15) is 9.59 Å². The first-order valence-electron chi connectivity index (χ1n) is 12.5. The van der Waals surface area contributed by atoms with Crippen LogP contribution in [0.3, 0.4) is 0 Å². The molecule has 3 heterocycles. The molecule has 1 saturated heterocycles. The van der Waals surface area contributed by atoms with Crippen LogP contribution in [0.5, 0.6) is 0 Å². The summed E-state index contributed by atoms with van der Waals surface area (Å²) in [6.45, 7) is 6.16. The Hall–Kier alpha value is -3.81. The van der Waals surface area contributed by atoms with Crippen LogP contribution in [0.1, 0.15) is 71.0 Å². The van der Waals surface area contributed by atoms with E-state index in [0.717, 1.165) is 37.9 Å². The second-order valence-corrected chi connectivity index (χ2v) is 10.4. The number of carbonyl (C=O) groups excluding carboxylic acids is 2. The summed E-state index contributed by atoms with van der Waals surface area (Å²) in [5, 5.41) is 3.13. The van der Waals surface area contributed by atoms with Crippen molar-refractivity contribution in [2.75, 3.05) is 25.0 Å². The Balaban J connectivity index is 1.30. The van der Waals surface area contributed by atoms with Gasteiger partial charge in [-0.3, -0.25) is 14.6 Å². The van der Waals surface area contributed by atoms with E-state index in [-0.39, 0.29) is 29.3 Å². The van der Waals surface area contributed by atoms with Crippen molar-refractivity contribution in [3.63, 3.8) is 0 Å². The lowest BCUT2D eigenvalue weighted by Crippen LogP contribution is -2.45. The lowest BCUT2D eigenvalue weighted by Gasteiger charge is -2.38. The highest BCUT2D eigenvalue weighted by Crippen LogP contribution is 2.45. The van der Waals surface area contributed by atoms with Crippen molar-refractivity contribution in [1.29, 1.82) is 0 Å². The second-order valence-electron chi connectivity index (χ2n) is 10.4. The van der Waals surface area contributed by atoms with Crippen molar-refractivity contribution < 1.29 is 9.59 Å². The molecule has 2 aromatic heterocycles. The standard InChI is InChI=1S/C28H32N6O2/c1-28(2)15-25(32-26(35)20-16-30-18-31-17-20)23-14-19(4-5-24(23)28)27(36)33(3)21-8-12-34(13-9-21)22-6-10-29-11-7-22/h4-7,10-11,14,16-18,21,25H,8-9,12-13,15H2,1-3H3,(H,32,35). The van der Waals surface area contributed by atoms with Crippen LogP contribution in [0, 0.1) is 0 Å². The highest BCUT2D eigenvalue weighted by molar-refractivity contribution is 5.95. The zero-order valence-electron chi connectivity index (χ0n) is 21.0. The minimum absolute atomic E-state index is 0.0198. The molecule has 1 aromatic carbocycles. The maximum absolute atomic E-state index is 13.5. The second kappa shape index (κ2) is 9.68. The van der Waals surface area contributed by atoms with Crippen LogP contribution in [0.2, 0.25) is 0 Å². The number of benzene rings is 1. The molecular formula is C28H32N6O2. The molecule has 8 nitrogen and oxygen atoms in total. The van der Waals surface area contributed by atoms with Gasteiger partial charge in [-0.05, 0) is 60.1 Å². The fourth-order valence-electron chi connectivity index (χ4n) is 5.55.